The molecule has 1 N–H and O–H groups in total. The van der Waals surface area contributed by atoms with E-state index >= 15 is 0 Å². The molecule has 1 aromatic heterocycles. The van der Waals surface area contributed by atoms with Gasteiger partial charge in [-0.05, 0) is 39.8 Å². The quantitative estimate of drug-likeness (QED) is 0.935. The summed E-state index contributed by atoms with van der Waals surface area (Å²) in [5.41, 5.74) is 3.58. The third-order valence-corrected chi connectivity index (χ3v) is 3.57. The molecular weight excluding hydrogens is 260 g/mol. The number of anilines is 2. The highest BCUT2D eigenvalue weighted by Gasteiger charge is 2.19. The van der Waals surface area contributed by atoms with Gasteiger partial charge in [-0.1, -0.05) is 18.2 Å². The van der Waals surface area contributed by atoms with E-state index in [9.17, 15) is 0 Å². The van der Waals surface area contributed by atoms with Crippen LogP contribution < -0.4 is 10.2 Å². The Hall–Kier alpha value is -1.81. The highest BCUT2D eigenvalue weighted by molar-refractivity contribution is 5.63. The highest BCUT2D eigenvalue weighted by atomic mass is 15.4. The van der Waals surface area contributed by atoms with Crippen LogP contribution in [0.2, 0.25) is 0 Å². The molecule has 0 saturated carbocycles. The Morgan fingerprint density at radius 3 is 2.38 bits per heavy atom. The largest absolute Gasteiger partial charge is 0.329 e. The Balaban J connectivity index is 2.35. The van der Waals surface area contributed by atoms with Crippen LogP contribution in [0.3, 0.4) is 0 Å². The Morgan fingerprint density at radius 2 is 1.81 bits per heavy atom. The van der Waals surface area contributed by atoms with E-state index in [0.717, 1.165) is 23.7 Å². The molecule has 4 nitrogen and oxygen atoms in total. The first kappa shape index (κ1) is 15.6. The first-order valence-electron chi connectivity index (χ1n) is 7.36. The zero-order valence-corrected chi connectivity index (χ0v) is 13.9. The van der Waals surface area contributed by atoms with Gasteiger partial charge in [0.05, 0.1) is 5.69 Å². The normalized spacial score (nSPS) is 11.7. The molecule has 4 heteroatoms. The lowest BCUT2D eigenvalue weighted by Gasteiger charge is -2.24. The fourth-order valence-corrected chi connectivity index (χ4v) is 2.44. The van der Waals surface area contributed by atoms with Crippen LogP contribution in [0.5, 0.6) is 0 Å². The number of benzene rings is 1. The lowest BCUT2D eigenvalue weighted by Crippen LogP contribution is -2.35. The van der Waals surface area contributed by atoms with Crippen molar-refractivity contribution in [2.75, 3.05) is 11.9 Å². The molecule has 0 aliphatic carbocycles. The van der Waals surface area contributed by atoms with E-state index < -0.39 is 0 Å². The van der Waals surface area contributed by atoms with Gasteiger partial charge in [0, 0.05) is 37.4 Å². The summed E-state index contributed by atoms with van der Waals surface area (Å²) in [4.78, 5) is 2.19. The van der Waals surface area contributed by atoms with Crippen LogP contribution in [0.1, 0.15) is 32.0 Å². The van der Waals surface area contributed by atoms with E-state index in [1.807, 2.05) is 17.8 Å². The molecule has 0 amide bonds. The Kier molecular flexibility index (Phi) is 4.37. The van der Waals surface area contributed by atoms with Gasteiger partial charge in [0.1, 0.15) is 5.82 Å². The van der Waals surface area contributed by atoms with Gasteiger partial charge < -0.3 is 10.2 Å². The molecule has 1 heterocycles. The Morgan fingerprint density at radius 1 is 1.19 bits per heavy atom. The van der Waals surface area contributed by atoms with Crippen LogP contribution in [0.4, 0.5) is 11.5 Å². The van der Waals surface area contributed by atoms with E-state index in [2.05, 4.69) is 74.3 Å². The highest BCUT2D eigenvalue weighted by Crippen LogP contribution is 2.28. The van der Waals surface area contributed by atoms with Crippen molar-refractivity contribution >= 4 is 11.5 Å². The average Bonchev–Trinajstić information content (AvgIpc) is 2.70. The summed E-state index contributed by atoms with van der Waals surface area (Å²) in [6.45, 7) is 9.43. The maximum Gasteiger partial charge on any atom is 0.135 e. The number of hydrogen-bond donors (Lipinski definition) is 1. The topological polar surface area (TPSA) is 33.1 Å². The fourth-order valence-electron chi connectivity index (χ4n) is 2.44. The van der Waals surface area contributed by atoms with Gasteiger partial charge in [-0.25, -0.2) is 0 Å². The van der Waals surface area contributed by atoms with Crippen LogP contribution in [-0.4, -0.2) is 22.4 Å². The molecule has 0 unspecified atom stereocenters. The minimum absolute atomic E-state index is 0.0882. The molecule has 0 aliphatic rings. The average molecular weight is 286 g/mol. The molecule has 0 radical (unpaired) electrons. The molecule has 2 rings (SSSR count). The number of nitrogens with one attached hydrogen (secondary N) is 1. The maximum atomic E-state index is 4.59. The number of para-hydroxylation sites is 1. The van der Waals surface area contributed by atoms with Crippen molar-refractivity contribution in [2.24, 2.45) is 7.05 Å². The number of aromatic nitrogens is 2. The van der Waals surface area contributed by atoms with Crippen LogP contribution in [0, 0.1) is 6.92 Å². The fraction of sp³-hybridized carbons (Fsp3) is 0.471. The lowest BCUT2D eigenvalue weighted by atomic mass is 10.1. The second kappa shape index (κ2) is 5.90. The molecule has 114 valence electrons. The molecule has 1 aromatic carbocycles. The number of nitrogens with zero attached hydrogens (tertiary/aromatic N) is 3. The molecule has 0 aliphatic heterocycles. The van der Waals surface area contributed by atoms with Gasteiger partial charge >= 0.3 is 0 Å². The monoisotopic (exact) mass is 286 g/mol. The SMILES string of the molecule is Cc1nn(C)c(N(C)c2ccccc2)c1CNC(C)(C)C. The van der Waals surface area contributed by atoms with Gasteiger partial charge in [0.25, 0.3) is 0 Å². The van der Waals surface area contributed by atoms with Crippen molar-refractivity contribution in [3.63, 3.8) is 0 Å². The predicted octanol–water partition coefficient (Wildman–Crippen LogP) is 3.38. The van der Waals surface area contributed by atoms with Crippen molar-refractivity contribution in [3.8, 4) is 0 Å². The Bertz CT molecular complexity index is 593. The van der Waals surface area contributed by atoms with Crippen LogP contribution in [0.25, 0.3) is 0 Å². The van der Waals surface area contributed by atoms with Crippen molar-refractivity contribution < 1.29 is 0 Å². The zero-order valence-electron chi connectivity index (χ0n) is 13.9. The first-order valence-corrected chi connectivity index (χ1v) is 7.36. The maximum absolute atomic E-state index is 4.59. The van der Waals surface area contributed by atoms with Crippen molar-refractivity contribution in [2.45, 2.75) is 39.8 Å². The summed E-state index contributed by atoms with van der Waals surface area (Å²) >= 11 is 0. The molecule has 0 atom stereocenters. The van der Waals surface area contributed by atoms with Gasteiger partial charge in [-0.15, -0.1) is 0 Å². The van der Waals surface area contributed by atoms with E-state index in [0.29, 0.717) is 0 Å². The summed E-state index contributed by atoms with van der Waals surface area (Å²) in [5, 5.41) is 8.15. The van der Waals surface area contributed by atoms with Crippen molar-refractivity contribution in [1.82, 2.24) is 15.1 Å². The second-order valence-corrected chi connectivity index (χ2v) is 6.51. The van der Waals surface area contributed by atoms with Gasteiger partial charge in [-0.3, -0.25) is 4.68 Å². The standard InChI is InChI=1S/C17H26N4/c1-13-15(12-18-17(2,3)4)16(21(6)19-13)20(5)14-10-8-7-9-11-14/h7-11,18H,12H2,1-6H3. The van der Waals surface area contributed by atoms with Crippen LogP contribution >= 0.6 is 0 Å². The number of hydrogen-bond acceptors (Lipinski definition) is 3. The minimum atomic E-state index is 0.0882. The predicted molar refractivity (Wildman–Crippen MR) is 89.0 cm³/mol. The molecular formula is C17H26N4. The van der Waals surface area contributed by atoms with E-state index in [-0.39, 0.29) is 5.54 Å². The molecule has 0 saturated heterocycles. The number of rotatable bonds is 4. The van der Waals surface area contributed by atoms with Crippen LogP contribution in [-0.2, 0) is 13.6 Å². The van der Waals surface area contributed by atoms with Crippen LogP contribution in [0.15, 0.2) is 30.3 Å². The zero-order chi connectivity index (χ0) is 15.6. The molecule has 0 spiro atoms. The summed E-state index contributed by atoms with van der Waals surface area (Å²) in [6, 6.07) is 10.4. The second-order valence-electron chi connectivity index (χ2n) is 6.51. The molecule has 2 aromatic rings. The van der Waals surface area contributed by atoms with E-state index in [1.54, 1.807) is 0 Å². The van der Waals surface area contributed by atoms with Gasteiger partial charge in [-0.2, -0.15) is 5.10 Å². The summed E-state index contributed by atoms with van der Waals surface area (Å²) in [5.74, 6) is 1.13. The van der Waals surface area contributed by atoms with E-state index in [4.69, 9.17) is 0 Å². The minimum Gasteiger partial charge on any atom is -0.329 e. The third kappa shape index (κ3) is 3.64. The van der Waals surface area contributed by atoms with Gasteiger partial charge in [0.2, 0.25) is 0 Å². The molecule has 0 fully saturated rings. The summed E-state index contributed by atoms with van der Waals surface area (Å²) in [6.07, 6.45) is 0. The van der Waals surface area contributed by atoms with E-state index in [1.165, 1.54) is 5.56 Å². The smallest absolute Gasteiger partial charge is 0.135 e. The van der Waals surface area contributed by atoms with Gasteiger partial charge in [0.15, 0.2) is 0 Å². The third-order valence-electron chi connectivity index (χ3n) is 3.57. The Labute approximate surface area is 127 Å². The van der Waals surface area contributed by atoms with Crippen molar-refractivity contribution in [3.05, 3.63) is 41.6 Å². The first-order chi connectivity index (χ1) is 9.79. The summed E-state index contributed by atoms with van der Waals surface area (Å²) in [7, 11) is 4.09. The van der Waals surface area contributed by atoms with Crippen molar-refractivity contribution in [1.29, 1.82) is 0 Å². The molecule has 0 bridgehead atoms. The lowest BCUT2D eigenvalue weighted by molar-refractivity contribution is 0.424. The number of aryl methyl sites for hydroxylation is 2. The summed E-state index contributed by atoms with van der Waals surface area (Å²) < 4.78 is 1.96. The molecule has 21 heavy (non-hydrogen) atoms.